The van der Waals surface area contributed by atoms with E-state index in [2.05, 4.69) is 6.92 Å². The van der Waals surface area contributed by atoms with Gasteiger partial charge in [0.05, 0.1) is 6.67 Å². The zero-order valence-corrected chi connectivity index (χ0v) is 9.37. The molecule has 0 spiro atoms. The molecule has 1 aromatic rings. The number of rotatable bonds is 4. The quantitative estimate of drug-likeness (QED) is 0.703. The smallest absolute Gasteiger partial charge is 0.0997 e. The minimum atomic E-state index is -0.411. The first-order valence-electron chi connectivity index (χ1n) is 4.85. The lowest BCUT2D eigenvalue weighted by molar-refractivity contribution is 0.516. The topological polar surface area (TPSA) is 0 Å². The summed E-state index contributed by atoms with van der Waals surface area (Å²) in [6.45, 7) is 3.50. The van der Waals surface area contributed by atoms with Gasteiger partial charge in [0.1, 0.15) is 0 Å². The Morgan fingerprint density at radius 3 is 2.64 bits per heavy atom. The minimum absolute atomic E-state index is 0.411. The van der Waals surface area contributed by atoms with Crippen molar-refractivity contribution < 1.29 is 4.39 Å². The summed E-state index contributed by atoms with van der Waals surface area (Å²) in [7, 11) is 0. The Kier molecular flexibility index (Phi) is 4.40. The third-order valence-corrected chi connectivity index (χ3v) is 2.41. The lowest BCUT2D eigenvalue weighted by Gasteiger charge is -2.09. The summed E-state index contributed by atoms with van der Waals surface area (Å²) in [6, 6.07) is 5.78. The lowest BCUT2D eigenvalue weighted by Crippen LogP contribution is -1.98. The zero-order valence-electron chi connectivity index (χ0n) is 8.61. The Bertz CT molecular complexity index is 296. The Morgan fingerprint density at radius 1 is 1.36 bits per heavy atom. The molecule has 0 saturated carbocycles. The Labute approximate surface area is 90.1 Å². The van der Waals surface area contributed by atoms with Crippen LogP contribution in [0.1, 0.15) is 31.4 Å². The summed E-state index contributed by atoms with van der Waals surface area (Å²) in [4.78, 5) is 0. The number of halogens is 2. The van der Waals surface area contributed by atoms with Crippen molar-refractivity contribution in [2.75, 3.05) is 6.67 Å². The molecule has 0 nitrogen and oxygen atoms in total. The highest BCUT2D eigenvalue weighted by Gasteiger charge is 2.07. The van der Waals surface area contributed by atoms with Gasteiger partial charge in [0, 0.05) is 10.9 Å². The highest BCUT2D eigenvalue weighted by atomic mass is 35.5. The predicted molar refractivity (Wildman–Crippen MR) is 59.4 cm³/mol. The van der Waals surface area contributed by atoms with E-state index in [0.717, 1.165) is 24.3 Å². The molecule has 0 fully saturated rings. The first-order chi connectivity index (χ1) is 6.67. The van der Waals surface area contributed by atoms with Crippen LogP contribution < -0.4 is 0 Å². The molecule has 0 bridgehead atoms. The predicted octanol–water partition coefficient (Wildman–Crippen LogP) is 4.20. The molecular weight excluding hydrogens is 199 g/mol. The molecule has 0 aliphatic rings. The maximum absolute atomic E-state index is 12.4. The van der Waals surface area contributed by atoms with Gasteiger partial charge in [-0.05, 0) is 29.7 Å². The Balaban J connectivity index is 2.94. The summed E-state index contributed by atoms with van der Waals surface area (Å²) in [6.07, 6.45) is 2.07. The second kappa shape index (κ2) is 5.35. The van der Waals surface area contributed by atoms with Gasteiger partial charge in [0.15, 0.2) is 0 Å². The summed E-state index contributed by atoms with van der Waals surface area (Å²) >= 11 is 5.95. The van der Waals surface area contributed by atoms with Crippen LogP contribution in [0, 0.1) is 5.92 Å². The fraction of sp³-hybridized carbons (Fsp3) is 0.417. The molecule has 77 valence electrons. The molecule has 1 radical (unpaired) electrons. The van der Waals surface area contributed by atoms with Gasteiger partial charge in [-0.1, -0.05) is 37.9 Å². The second-order valence-corrected chi connectivity index (χ2v) is 3.95. The van der Waals surface area contributed by atoms with Gasteiger partial charge in [-0.15, -0.1) is 0 Å². The number of aryl methyl sites for hydroxylation is 1. The van der Waals surface area contributed by atoms with E-state index in [1.807, 2.05) is 18.2 Å². The van der Waals surface area contributed by atoms with E-state index in [9.17, 15) is 4.39 Å². The van der Waals surface area contributed by atoms with Crippen molar-refractivity contribution in [3.63, 3.8) is 0 Å². The molecule has 0 saturated heterocycles. The molecule has 14 heavy (non-hydrogen) atoms. The monoisotopic (exact) mass is 213 g/mol. The number of hydrogen-bond acceptors (Lipinski definition) is 0. The van der Waals surface area contributed by atoms with Crippen LogP contribution >= 0.6 is 11.6 Å². The molecule has 1 aromatic carbocycles. The summed E-state index contributed by atoms with van der Waals surface area (Å²) in [5, 5.41) is 0.693. The van der Waals surface area contributed by atoms with E-state index in [4.69, 9.17) is 11.6 Å². The van der Waals surface area contributed by atoms with Gasteiger partial charge in [-0.2, -0.15) is 0 Å². The molecule has 0 atom stereocenters. The number of hydrogen-bond donors (Lipinski definition) is 0. The molecule has 1 rings (SSSR count). The van der Waals surface area contributed by atoms with Crippen molar-refractivity contribution in [2.45, 2.75) is 26.7 Å². The average Bonchev–Trinajstić information content (AvgIpc) is 2.16. The van der Waals surface area contributed by atoms with Crippen LogP contribution in [0.15, 0.2) is 18.2 Å². The van der Waals surface area contributed by atoms with Gasteiger partial charge in [-0.25, -0.2) is 0 Å². The van der Waals surface area contributed by atoms with Crippen molar-refractivity contribution in [1.82, 2.24) is 0 Å². The van der Waals surface area contributed by atoms with Gasteiger partial charge >= 0.3 is 0 Å². The Morgan fingerprint density at radius 2 is 2.07 bits per heavy atom. The molecule has 0 unspecified atom stereocenters. The molecule has 0 N–H and O–H groups in total. The lowest BCUT2D eigenvalue weighted by atomic mass is 9.99. The maximum atomic E-state index is 12.4. The minimum Gasteiger partial charge on any atom is -0.250 e. The normalized spacial score (nSPS) is 10.9. The van der Waals surface area contributed by atoms with Crippen LogP contribution in [0.4, 0.5) is 4.39 Å². The molecule has 0 amide bonds. The van der Waals surface area contributed by atoms with Crippen LogP contribution in [-0.2, 0) is 6.42 Å². The SMILES string of the molecule is CCCc1cc(Cl)cc([C](C)CF)c1. The van der Waals surface area contributed by atoms with Crippen LogP contribution in [0.3, 0.4) is 0 Å². The Hall–Kier alpha value is -0.560. The highest BCUT2D eigenvalue weighted by Crippen LogP contribution is 2.22. The standard InChI is InChI=1S/C12H15ClF/c1-3-4-10-5-11(9(2)8-14)7-12(13)6-10/h5-7H,3-4,8H2,1-2H3. The van der Waals surface area contributed by atoms with E-state index in [1.165, 1.54) is 5.56 Å². The fourth-order valence-corrected chi connectivity index (χ4v) is 1.66. The number of benzene rings is 1. The summed E-state index contributed by atoms with van der Waals surface area (Å²) in [5.74, 6) is 0.741. The molecule has 0 aliphatic heterocycles. The molecule has 0 heterocycles. The van der Waals surface area contributed by atoms with E-state index in [0.29, 0.717) is 5.02 Å². The van der Waals surface area contributed by atoms with Crippen molar-refractivity contribution in [1.29, 1.82) is 0 Å². The van der Waals surface area contributed by atoms with Crippen molar-refractivity contribution >= 4 is 11.6 Å². The van der Waals surface area contributed by atoms with E-state index in [-0.39, 0.29) is 0 Å². The zero-order chi connectivity index (χ0) is 10.6. The highest BCUT2D eigenvalue weighted by molar-refractivity contribution is 6.30. The third kappa shape index (κ3) is 2.98. The van der Waals surface area contributed by atoms with E-state index in [1.54, 1.807) is 6.92 Å². The van der Waals surface area contributed by atoms with Gasteiger partial charge < -0.3 is 0 Å². The average molecular weight is 214 g/mol. The van der Waals surface area contributed by atoms with Crippen LogP contribution in [-0.4, -0.2) is 6.67 Å². The first-order valence-corrected chi connectivity index (χ1v) is 5.23. The van der Waals surface area contributed by atoms with Crippen molar-refractivity contribution in [3.05, 3.63) is 40.3 Å². The second-order valence-electron chi connectivity index (χ2n) is 3.51. The first kappa shape index (κ1) is 11.5. The molecular formula is C12H15ClF. The molecule has 0 aromatic heterocycles. The molecule has 0 aliphatic carbocycles. The van der Waals surface area contributed by atoms with Crippen LogP contribution in [0.2, 0.25) is 5.02 Å². The van der Waals surface area contributed by atoms with Crippen molar-refractivity contribution in [3.8, 4) is 0 Å². The molecule has 2 heteroatoms. The third-order valence-electron chi connectivity index (χ3n) is 2.19. The van der Waals surface area contributed by atoms with Crippen molar-refractivity contribution in [2.24, 2.45) is 0 Å². The van der Waals surface area contributed by atoms with Crippen LogP contribution in [0.5, 0.6) is 0 Å². The number of alkyl halides is 1. The van der Waals surface area contributed by atoms with Gasteiger partial charge in [0.2, 0.25) is 0 Å². The van der Waals surface area contributed by atoms with Gasteiger partial charge in [0.25, 0.3) is 0 Å². The maximum Gasteiger partial charge on any atom is 0.0997 e. The van der Waals surface area contributed by atoms with E-state index >= 15 is 0 Å². The van der Waals surface area contributed by atoms with Gasteiger partial charge in [-0.3, -0.25) is 4.39 Å². The largest absolute Gasteiger partial charge is 0.250 e. The van der Waals surface area contributed by atoms with E-state index < -0.39 is 6.67 Å². The summed E-state index contributed by atoms with van der Waals surface area (Å²) < 4.78 is 12.4. The summed E-state index contributed by atoms with van der Waals surface area (Å²) in [5.41, 5.74) is 2.10. The fourth-order valence-electron chi connectivity index (χ4n) is 1.41. The van der Waals surface area contributed by atoms with Crippen LogP contribution in [0.25, 0.3) is 0 Å².